The molecule has 4 N–H and O–H groups in total. The number of primary amides is 2. The molecule has 2 spiro atoms. The highest BCUT2D eigenvalue weighted by molar-refractivity contribution is 5.74. The fraction of sp³-hybridized carbons (Fsp3) is 0.893. The average Bonchev–Trinajstić information content (AvgIpc) is 3.84. The fourth-order valence-corrected chi connectivity index (χ4v) is 19.4. The molecule has 8 aliphatic carbocycles. The van der Waals surface area contributed by atoms with Crippen LogP contribution in [0.2, 0.25) is 0 Å². The van der Waals surface area contributed by atoms with Crippen LogP contribution in [0.25, 0.3) is 0 Å². The highest BCUT2D eigenvalue weighted by Gasteiger charge is 2.72. The second kappa shape index (κ2) is 19.3. The first-order valence-electron chi connectivity index (χ1n) is 27.8. The van der Waals surface area contributed by atoms with Crippen LogP contribution in [0.5, 0.6) is 0 Å². The van der Waals surface area contributed by atoms with Crippen LogP contribution in [-0.4, -0.2) is 71.7 Å². The summed E-state index contributed by atoms with van der Waals surface area (Å²) in [5, 5.41) is 0. The van der Waals surface area contributed by atoms with Gasteiger partial charge in [0.05, 0.1) is 0 Å². The van der Waals surface area contributed by atoms with Crippen molar-refractivity contribution in [2.75, 3.05) is 0 Å². The maximum atomic E-state index is 13.0. The van der Waals surface area contributed by atoms with Crippen molar-refractivity contribution >= 4 is 35.7 Å². The van der Waals surface area contributed by atoms with Gasteiger partial charge in [-0.1, -0.05) is 41.5 Å². The number of hydrogen-bond acceptors (Lipinski definition) is 14. The number of esters is 4. The second-order valence-electron chi connectivity index (χ2n) is 26.1. The van der Waals surface area contributed by atoms with E-state index in [1.165, 1.54) is 27.7 Å². The summed E-state index contributed by atoms with van der Waals surface area (Å²) in [6.45, 7) is 19.5. The van der Waals surface area contributed by atoms with Gasteiger partial charge in [0.2, 0.25) is 23.4 Å². The Balaban J connectivity index is 0.957. The minimum Gasteiger partial charge on any atom is -0.462 e. The summed E-state index contributed by atoms with van der Waals surface area (Å²) in [6.07, 6.45) is 10.0. The van der Waals surface area contributed by atoms with Gasteiger partial charge in [0.15, 0.2) is 0 Å². The SMILES string of the molecule is CC(=O)O[C@H]1CC2C(C3CC[C@H](C(C)CCC(N)=O)[C@]31C)[C@H](OC(C)=O)C[C@@H]1CC3(CC[C@]21C)OOC1(CC[C@H]2C[C@@H](OC(C)=O)C4C5CC[C@H](C(C)CCC(N)=O)[C@@]5(C)[C@@H](OC(C)=O)CC4[C@@]2(C)C1)OO3. The van der Waals surface area contributed by atoms with Crippen LogP contribution < -0.4 is 11.5 Å². The van der Waals surface area contributed by atoms with Crippen molar-refractivity contribution in [3.05, 3.63) is 0 Å². The van der Waals surface area contributed by atoms with E-state index >= 15 is 0 Å². The highest BCUT2D eigenvalue weighted by Crippen LogP contribution is 2.73. The quantitative estimate of drug-likeness (QED) is 0.106. The predicted molar refractivity (Wildman–Crippen MR) is 259 cm³/mol. The molecule has 0 aromatic heterocycles. The van der Waals surface area contributed by atoms with E-state index in [0.29, 0.717) is 83.5 Å². The molecule has 16 nitrogen and oxygen atoms in total. The number of hydrogen-bond donors (Lipinski definition) is 2. The first kappa shape index (κ1) is 53.5. The zero-order valence-electron chi connectivity index (χ0n) is 44.8. The molecule has 20 atom stereocenters. The Morgan fingerprint density at radius 3 is 1.39 bits per heavy atom. The van der Waals surface area contributed by atoms with Crippen molar-refractivity contribution < 1.29 is 67.3 Å². The summed E-state index contributed by atoms with van der Waals surface area (Å²) in [5.41, 5.74) is 9.80. The van der Waals surface area contributed by atoms with Crippen LogP contribution >= 0.6 is 0 Å². The summed E-state index contributed by atoms with van der Waals surface area (Å²) in [7, 11) is 0. The number of rotatable bonds is 12. The van der Waals surface area contributed by atoms with E-state index < -0.39 is 28.5 Å². The Morgan fingerprint density at radius 1 is 0.514 bits per heavy atom. The molecule has 0 aromatic rings. The lowest BCUT2D eigenvalue weighted by Gasteiger charge is -2.66. The zero-order chi connectivity index (χ0) is 52.1. The largest absolute Gasteiger partial charge is 0.462 e. The van der Waals surface area contributed by atoms with Gasteiger partial charge in [0, 0.05) is 88.9 Å². The fourth-order valence-electron chi connectivity index (χ4n) is 19.4. The van der Waals surface area contributed by atoms with Crippen LogP contribution in [0.1, 0.15) is 185 Å². The van der Waals surface area contributed by atoms with Gasteiger partial charge in [-0.15, -0.1) is 0 Å². The molecule has 72 heavy (non-hydrogen) atoms. The minimum atomic E-state index is -1.22. The summed E-state index contributed by atoms with van der Waals surface area (Å²) < 4.78 is 25.5. The summed E-state index contributed by atoms with van der Waals surface area (Å²) in [5.74, 6) is -3.17. The molecule has 9 fully saturated rings. The van der Waals surface area contributed by atoms with Crippen LogP contribution in [-0.2, 0) is 67.3 Å². The molecule has 0 radical (unpaired) electrons. The number of amides is 2. The topological polar surface area (TPSA) is 228 Å². The summed E-state index contributed by atoms with van der Waals surface area (Å²) in [6, 6.07) is 0. The molecule has 1 saturated heterocycles. The van der Waals surface area contributed by atoms with Crippen molar-refractivity contribution in [2.45, 2.75) is 221 Å². The molecule has 1 heterocycles. The van der Waals surface area contributed by atoms with Gasteiger partial charge in [-0.3, -0.25) is 28.8 Å². The van der Waals surface area contributed by atoms with Crippen molar-refractivity contribution in [3.63, 3.8) is 0 Å². The first-order chi connectivity index (χ1) is 33.8. The van der Waals surface area contributed by atoms with Crippen LogP contribution in [0.4, 0.5) is 0 Å². The molecule has 1 aliphatic heterocycles. The molecule has 0 aromatic carbocycles. The van der Waals surface area contributed by atoms with Gasteiger partial charge in [-0.05, 0) is 147 Å². The molecular formula is C56H86N2O14. The van der Waals surface area contributed by atoms with Crippen LogP contribution in [0.15, 0.2) is 0 Å². The Hall–Kier alpha value is -3.34. The number of ether oxygens (including phenoxy) is 4. The zero-order valence-corrected chi connectivity index (χ0v) is 44.8. The third kappa shape index (κ3) is 9.00. The van der Waals surface area contributed by atoms with E-state index in [-0.39, 0.29) is 136 Å². The number of carbonyl (C=O) groups excluding carboxylic acids is 6. The lowest BCUT2D eigenvalue weighted by molar-refractivity contribution is -0.668. The number of fused-ring (bicyclic) bond motifs is 10. The average molecular weight is 1010 g/mol. The van der Waals surface area contributed by atoms with Gasteiger partial charge in [0.25, 0.3) is 0 Å². The molecule has 0 bridgehead atoms. The number of carbonyl (C=O) groups is 6. The van der Waals surface area contributed by atoms with E-state index in [9.17, 15) is 28.8 Å². The smallest absolute Gasteiger partial charge is 0.302 e. The Kier molecular flexibility index (Phi) is 14.4. The van der Waals surface area contributed by atoms with Gasteiger partial charge >= 0.3 is 23.9 Å². The molecule has 9 aliphatic rings. The standard InChI is InChI=1S/C56H86N2O14/c1-29(11-17-47(57)63)37-13-15-39-49-41(25-45(53(37,39)9)67-33(5)61)51(7)21-22-55(27-36(51)24-44(49)66-32(4)60)69-71-56(72-70-55)20-19-35-23-43(65-31(3)59)50-40-16-14-38(30(2)12-18-48(58)64)54(40,10)46(68-34(6)62)26-42(50)52(35,8)28-56/h29-30,35-46,49-50H,11-28H2,1-10H3,(H2,57,63)(H2,58,64)/t29?,30?,35-,36+,37+,38+,39?,40?,41?,42?,43+,44+,45-,46-,49?,50?,51-,52-,53+,54+,55?,56?/m0/s1. The van der Waals surface area contributed by atoms with E-state index in [1.54, 1.807) is 0 Å². The maximum absolute atomic E-state index is 13.0. The lowest BCUT2D eigenvalue weighted by atomic mass is 9.42. The van der Waals surface area contributed by atoms with Crippen LogP contribution in [0, 0.1) is 92.7 Å². The Labute approximate surface area is 426 Å². The minimum absolute atomic E-state index is 0.0121. The van der Waals surface area contributed by atoms with Crippen molar-refractivity contribution in [1.82, 2.24) is 0 Å². The van der Waals surface area contributed by atoms with Crippen molar-refractivity contribution in [1.29, 1.82) is 0 Å². The third-order valence-electron chi connectivity index (χ3n) is 22.5. The Bertz CT molecular complexity index is 2130. The van der Waals surface area contributed by atoms with Crippen molar-refractivity contribution in [3.8, 4) is 0 Å². The molecule has 8 saturated carbocycles. The molecular weight excluding hydrogens is 925 g/mol. The van der Waals surface area contributed by atoms with E-state index in [4.69, 9.17) is 50.0 Å². The number of nitrogens with two attached hydrogens (primary N) is 2. The van der Waals surface area contributed by atoms with Crippen LogP contribution in [0.3, 0.4) is 0 Å². The maximum Gasteiger partial charge on any atom is 0.302 e. The van der Waals surface area contributed by atoms with Gasteiger partial charge in [-0.25, -0.2) is 0 Å². The molecule has 8 unspecified atom stereocenters. The molecule has 404 valence electrons. The normalized spacial score (nSPS) is 47.8. The molecule has 2 amide bonds. The lowest BCUT2D eigenvalue weighted by Crippen LogP contribution is -2.67. The first-order valence-corrected chi connectivity index (χ1v) is 27.8. The Morgan fingerprint density at radius 2 is 0.944 bits per heavy atom. The van der Waals surface area contributed by atoms with Gasteiger partial charge in [-0.2, -0.15) is 19.6 Å². The highest BCUT2D eigenvalue weighted by atomic mass is 17.4. The third-order valence-corrected chi connectivity index (χ3v) is 22.5. The van der Waals surface area contributed by atoms with E-state index in [2.05, 4.69) is 41.5 Å². The van der Waals surface area contributed by atoms with E-state index in [1.807, 2.05) is 0 Å². The van der Waals surface area contributed by atoms with Gasteiger partial charge in [0.1, 0.15) is 24.4 Å². The summed E-state index contributed by atoms with van der Waals surface area (Å²) in [4.78, 5) is 102. The van der Waals surface area contributed by atoms with E-state index in [0.717, 1.165) is 32.1 Å². The molecule has 16 heteroatoms. The monoisotopic (exact) mass is 1010 g/mol. The molecule has 9 rings (SSSR count). The second-order valence-corrected chi connectivity index (χ2v) is 26.1. The predicted octanol–water partition coefficient (Wildman–Crippen LogP) is 8.58. The van der Waals surface area contributed by atoms with Gasteiger partial charge < -0.3 is 30.4 Å². The summed E-state index contributed by atoms with van der Waals surface area (Å²) >= 11 is 0. The van der Waals surface area contributed by atoms with Crippen molar-refractivity contribution in [2.24, 2.45) is 104 Å².